The second-order valence-corrected chi connectivity index (χ2v) is 4.69. The lowest BCUT2D eigenvalue weighted by Crippen LogP contribution is -2.42. The van der Waals surface area contributed by atoms with Crippen molar-refractivity contribution >= 4 is 17.8 Å². The predicted molar refractivity (Wildman–Crippen MR) is 71.6 cm³/mol. The van der Waals surface area contributed by atoms with Crippen LogP contribution in [0.4, 0.5) is 0 Å². The van der Waals surface area contributed by atoms with Crippen molar-refractivity contribution in [3.8, 4) is 0 Å². The summed E-state index contributed by atoms with van der Waals surface area (Å²) >= 11 is 0. The van der Waals surface area contributed by atoms with Crippen LogP contribution in [0.3, 0.4) is 0 Å². The fraction of sp³-hybridized carbons (Fsp3) is 0.462. The van der Waals surface area contributed by atoms with Gasteiger partial charge in [-0.2, -0.15) is 0 Å². The van der Waals surface area contributed by atoms with E-state index in [2.05, 4.69) is 0 Å². The van der Waals surface area contributed by atoms with E-state index in [1.54, 1.807) is 26.1 Å². The predicted octanol–water partition coefficient (Wildman–Crippen LogP) is 0.0176. The molecule has 21 heavy (non-hydrogen) atoms. The summed E-state index contributed by atoms with van der Waals surface area (Å²) in [4.78, 5) is 35.7. The number of amides is 1. The maximum absolute atomic E-state index is 12.0. The third-order valence-electron chi connectivity index (χ3n) is 2.69. The van der Waals surface area contributed by atoms with Gasteiger partial charge in [-0.05, 0) is 19.1 Å². The first kappa shape index (κ1) is 16.7. The van der Waals surface area contributed by atoms with E-state index in [9.17, 15) is 14.4 Å². The molecule has 0 unspecified atom stereocenters. The number of likely N-dealkylation sites (N-methyl/N-ethyl adjacent to an activating group) is 1. The Morgan fingerprint density at radius 1 is 1.10 bits per heavy atom. The van der Waals surface area contributed by atoms with Crippen LogP contribution in [0.5, 0.6) is 0 Å². The molecule has 1 aromatic rings. The molecular weight excluding hydrogens is 280 g/mol. The highest BCUT2D eigenvalue weighted by Crippen LogP contribution is 2.08. The van der Waals surface area contributed by atoms with E-state index in [1.165, 1.54) is 4.90 Å². The zero-order valence-electron chi connectivity index (χ0n) is 11.9. The lowest BCUT2D eigenvalue weighted by Gasteiger charge is -2.21. The summed E-state index contributed by atoms with van der Waals surface area (Å²) < 4.78 is 5.34. The molecule has 1 amide bonds. The van der Waals surface area contributed by atoms with Crippen LogP contribution in [0.15, 0.2) is 16.5 Å². The quantitative estimate of drug-likeness (QED) is 0.695. The molecule has 1 aromatic heterocycles. The third-order valence-corrected chi connectivity index (χ3v) is 2.69. The first-order valence-electron chi connectivity index (χ1n) is 6.23. The van der Waals surface area contributed by atoms with Gasteiger partial charge in [-0.3, -0.25) is 19.3 Å². The SMILES string of the molecule is Cc1ccc(CN(C)C(=O)CN(CC(=O)O)CC(=O)O)o1. The Morgan fingerprint density at radius 3 is 2.10 bits per heavy atom. The van der Waals surface area contributed by atoms with Gasteiger partial charge >= 0.3 is 11.9 Å². The molecule has 0 fully saturated rings. The first-order chi connectivity index (χ1) is 9.77. The van der Waals surface area contributed by atoms with E-state index >= 15 is 0 Å². The Kier molecular flexibility index (Phi) is 5.92. The molecule has 1 heterocycles. The molecule has 2 N–H and O–H groups in total. The van der Waals surface area contributed by atoms with Gasteiger partial charge in [0.2, 0.25) is 5.91 Å². The van der Waals surface area contributed by atoms with Crippen LogP contribution in [0.1, 0.15) is 11.5 Å². The zero-order chi connectivity index (χ0) is 16.0. The summed E-state index contributed by atoms with van der Waals surface area (Å²) in [5, 5.41) is 17.4. The minimum absolute atomic E-state index is 0.237. The molecule has 0 saturated heterocycles. The molecule has 116 valence electrons. The Labute approximate surface area is 121 Å². The first-order valence-corrected chi connectivity index (χ1v) is 6.23. The van der Waals surface area contributed by atoms with E-state index in [-0.39, 0.29) is 19.0 Å². The Hall–Kier alpha value is -2.35. The lowest BCUT2D eigenvalue weighted by atomic mass is 10.3. The fourth-order valence-electron chi connectivity index (χ4n) is 1.75. The van der Waals surface area contributed by atoms with Crippen LogP contribution in [0.2, 0.25) is 0 Å². The second-order valence-electron chi connectivity index (χ2n) is 4.69. The number of carboxylic acids is 2. The second kappa shape index (κ2) is 7.44. The fourth-order valence-corrected chi connectivity index (χ4v) is 1.75. The minimum atomic E-state index is -1.19. The topological polar surface area (TPSA) is 111 Å². The van der Waals surface area contributed by atoms with Gasteiger partial charge in [0.15, 0.2) is 0 Å². The number of furan rings is 1. The van der Waals surface area contributed by atoms with Crippen molar-refractivity contribution in [1.82, 2.24) is 9.80 Å². The number of carbonyl (C=O) groups is 3. The molecule has 0 atom stereocenters. The molecule has 0 saturated carbocycles. The van der Waals surface area contributed by atoms with Gasteiger partial charge in [-0.25, -0.2) is 0 Å². The minimum Gasteiger partial charge on any atom is -0.480 e. The van der Waals surface area contributed by atoms with Crippen LogP contribution >= 0.6 is 0 Å². The lowest BCUT2D eigenvalue weighted by molar-refractivity contribution is -0.143. The van der Waals surface area contributed by atoms with Crippen molar-refractivity contribution in [3.05, 3.63) is 23.7 Å². The van der Waals surface area contributed by atoms with Crippen molar-refractivity contribution in [3.63, 3.8) is 0 Å². The molecule has 0 aliphatic heterocycles. The van der Waals surface area contributed by atoms with E-state index in [4.69, 9.17) is 14.6 Å². The van der Waals surface area contributed by atoms with Crippen LogP contribution in [0.25, 0.3) is 0 Å². The van der Waals surface area contributed by atoms with E-state index in [0.717, 1.165) is 10.7 Å². The summed E-state index contributed by atoms with van der Waals surface area (Å²) in [6.07, 6.45) is 0. The number of aliphatic carboxylic acids is 2. The van der Waals surface area contributed by atoms with Gasteiger partial charge in [0.1, 0.15) is 11.5 Å². The summed E-state index contributed by atoms with van der Waals surface area (Å²) in [7, 11) is 1.54. The highest BCUT2D eigenvalue weighted by atomic mass is 16.4. The Balaban J connectivity index is 2.58. The molecule has 0 aromatic carbocycles. The molecule has 8 nitrogen and oxygen atoms in total. The van der Waals surface area contributed by atoms with Crippen molar-refractivity contribution in [2.75, 3.05) is 26.7 Å². The molecule has 0 spiro atoms. The van der Waals surface area contributed by atoms with Gasteiger partial charge in [0.25, 0.3) is 0 Å². The molecule has 0 aliphatic rings. The standard InChI is InChI=1S/C13H18N2O6/c1-9-3-4-10(21-9)5-14(2)11(16)6-15(7-12(17)18)8-13(19)20/h3-4H,5-8H2,1-2H3,(H,17,18)(H,19,20). The van der Waals surface area contributed by atoms with Crippen LogP contribution in [0, 0.1) is 6.92 Å². The summed E-state index contributed by atoms with van der Waals surface area (Å²) in [5.41, 5.74) is 0. The smallest absolute Gasteiger partial charge is 0.317 e. The highest BCUT2D eigenvalue weighted by molar-refractivity contribution is 5.80. The van der Waals surface area contributed by atoms with E-state index < -0.39 is 25.0 Å². The number of carboxylic acid groups (broad SMARTS) is 2. The maximum atomic E-state index is 12.0. The van der Waals surface area contributed by atoms with Crippen LogP contribution < -0.4 is 0 Å². The number of hydrogen-bond donors (Lipinski definition) is 2. The molecule has 0 aliphatic carbocycles. The van der Waals surface area contributed by atoms with Gasteiger partial charge in [-0.1, -0.05) is 0 Å². The molecule has 1 rings (SSSR count). The number of nitrogens with zero attached hydrogens (tertiary/aromatic N) is 2. The van der Waals surface area contributed by atoms with Crippen LogP contribution in [-0.4, -0.2) is 64.5 Å². The van der Waals surface area contributed by atoms with Crippen molar-refractivity contribution < 1.29 is 29.0 Å². The number of rotatable bonds is 8. The van der Waals surface area contributed by atoms with Crippen molar-refractivity contribution in [2.24, 2.45) is 0 Å². The van der Waals surface area contributed by atoms with E-state index in [0.29, 0.717) is 5.76 Å². The van der Waals surface area contributed by atoms with Crippen molar-refractivity contribution in [1.29, 1.82) is 0 Å². The Bertz CT molecular complexity index is 508. The highest BCUT2D eigenvalue weighted by Gasteiger charge is 2.19. The Morgan fingerprint density at radius 2 is 1.67 bits per heavy atom. The molecular formula is C13H18N2O6. The third kappa shape index (κ3) is 6.09. The summed E-state index contributed by atoms with van der Waals surface area (Å²) in [5.74, 6) is -1.43. The van der Waals surface area contributed by atoms with E-state index in [1.807, 2.05) is 0 Å². The molecule has 0 bridgehead atoms. The van der Waals surface area contributed by atoms with Gasteiger partial charge in [0, 0.05) is 7.05 Å². The van der Waals surface area contributed by atoms with Crippen LogP contribution in [-0.2, 0) is 20.9 Å². The van der Waals surface area contributed by atoms with Gasteiger partial charge < -0.3 is 19.5 Å². The molecule has 8 heteroatoms. The van der Waals surface area contributed by atoms with Crippen molar-refractivity contribution in [2.45, 2.75) is 13.5 Å². The average molecular weight is 298 g/mol. The number of carbonyl (C=O) groups excluding carboxylic acids is 1. The molecule has 0 radical (unpaired) electrons. The largest absolute Gasteiger partial charge is 0.480 e. The summed E-state index contributed by atoms with van der Waals surface area (Å²) in [6.45, 7) is 0.722. The van der Waals surface area contributed by atoms with Gasteiger partial charge in [0.05, 0.1) is 26.2 Å². The number of aryl methyl sites for hydroxylation is 1. The average Bonchev–Trinajstić information content (AvgIpc) is 2.72. The monoisotopic (exact) mass is 298 g/mol. The zero-order valence-corrected chi connectivity index (χ0v) is 11.9. The number of hydrogen-bond acceptors (Lipinski definition) is 5. The normalized spacial score (nSPS) is 10.6. The maximum Gasteiger partial charge on any atom is 0.317 e. The van der Waals surface area contributed by atoms with Gasteiger partial charge in [-0.15, -0.1) is 0 Å². The summed E-state index contributed by atoms with van der Waals surface area (Å²) in [6, 6.07) is 3.51.